The summed E-state index contributed by atoms with van der Waals surface area (Å²) in [5.74, 6) is -1.38. The number of piperidine rings is 2. The third kappa shape index (κ3) is 8.13. The second-order valence-corrected chi connectivity index (χ2v) is 14.3. The van der Waals surface area contributed by atoms with Crippen LogP contribution in [0, 0.1) is 5.41 Å². The first kappa shape index (κ1) is 34.6. The Balaban J connectivity index is 1.37. The van der Waals surface area contributed by atoms with E-state index in [1.54, 1.807) is 21.9 Å². The van der Waals surface area contributed by atoms with Gasteiger partial charge in [-0.2, -0.15) is 23.4 Å². The highest BCUT2D eigenvalue weighted by molar-refractivity contribution is 5.83. The lowest BCUT2D eigenvalue weighted by Gasteiger charge is -2.49. The average molecular weight is 683 g/mol. The molecule has 0 atom stereocenters. The number of carbonyl (C=O) groups excluding carboxylic acids is 1. The number of rotatable bonds is 6. The molecular weight excluding hydrogens is 640 g/mol. The summed E-state index contributed by atoms with van der Waals surface area (Å²) in [4.78, 5) is 24.6. The molecule has 1 amide bonds. The van der Waals surface area contributed by atoms with Crippen LogP contribution < -0.4 is 9.64 Å². The number of hydrogen-bond donors (Lipinski definition) is 0. The lowest BCUT2D eigenvalue weighted by atomic mass is 9.72. The molecule has 0 N–H and O–H groups in total. The summed E-state index contributed by atoms with van der Waals surface area (Å²) in [5.41, 5.74) is -0.909. The minimum atomic E-state index is -4.78. The lowest BCUT2D eigenvalue weighted by Crippen LogP contribution is -2.51. The van der Waals surface area contributed by atoms with Crippen molar-refractivity contribution in [1.29, 1.82) is 0 Å². The second-order valence-electron chi connectivity index (χ2n) is 14.3. The first-order valence-corrected chi connectivity index (χ1v) is 16.9. The second kappa shape index (κ2) is 13.9. The van der Waals surface area contributed by atoms with Crippen LogP contribution in [0.3, 0.4) is 0 Å². The van der Waals surface area contributed by atoms with E-state index >= 15 is 17.6 Å². The zero-order valence-corrected chi connectivity index (χ0v) is 28.1. The number of aromatic nitrogens is 4. The van der Waals surface area contributed by atoms with Crippen LogP contribution in [0.25, 0.3) is 23.2 Å². The first-order valence-electron chi connectivity index (χ1n) is 16.9. The van der Waals surface area contributed by atoms with Gasteiger partial charge in [-0.3, -0.25) is 0 Å². The molecule has 13 heteroatoms. The van der Waals surface area contributed by atoms with Crippen molar-refractivity contribution in [2.24, 2.45) is 5.41 Å². The zero-order valence-electron chi connectivity index (χ0n) is 28.1. The van der Waals surface area contributed by atoms with Crippen molar-refractivity contribution in [3.05, 3.63) is 59.8 Å². The molecule has 1 saturated carbocycles. The highest BCUT2D eigenvalue weighted by Gasteiger charge is 2.45. The molecule has 0 radical (unpaired) electrons. The summed E-state index contributed by atoms with van der Waals surface area (Å²) < 4.78 is 73.3. The molecule has 3 aromatic rings. The summed E-state index contributed by atoms with van der Waals surface area (Å²) in [7, 11) is 0. The fourth-order valence-electron chi connectivity index (χ4n) is 7.18. The molecule has 0 bridgehead atoms. The van der Waals surface area contributed by atoms with Gasteiger partial charge in [0, 0.05) is 43.5 Å². The molecule has 3 fully saturated rings. The highest BCUT2D eigenvalue weighted by atomic mass is 19.4. The highest BCUT2D eigenvalue weighted by Crippen LogP contribution is 2.49. The fourth-order valence-corrected chi connectivity index (χ4v) is 7.18. The number of amides is 1. The summed E-state index contributed by atoms with van der Waals surface area (Å²) in [5, 5.41) is 7.59. The van der Waals surface area contributed by atoms with E-state index < -0.39 is 23.2 Å². The van der Waals surface area contributed by atoms with Crippen molar-refractivity contribution in [2.75, 3.05) is 31.1 Å². The molecule has 2 saturated heterocycles. The molecule has 1 spiro atoms. The molecule has 0 unspecified atom stereocenters. The summed E-state index contributed by atoms with van der Waals surface area (Å²) in [6.45, 7) is 7.02. The van der Waals surface area contributed by atoms with Crippen LogP contribution in [0.2, 0.25) is 0 Å². The Hall–Kier alpha value is -4.29. The Kier molecular flexibility index (Phi) is 9.81. The molecule has 49 heavy (non-hydrogen) atoms. The molecule has 6 rings (SSSR count). The van der Waals surface area contributed by atoms with Crippen LogP contribution in [0.4, 0.5) is 28.0 Å². The van der Waals surface area contributed by atoms with E-state index in [-0.39, 0.29) is 40.4 Å². The van der Waals surface area contributed by atoms with Gasteiger partial charge in [-0.25, -0.2) is 19.2 Å². The number of nitrogens with zero attached hydrogens (tertiary/aromatic N) is 6. The normalized spacial score (nSPS) is 19.0. The van der Waals surface area contributed by atoms with E-state index in [0.717, 1.165) is 25.3 Å². The van der Waals surface area contributed by atoms with Crippen molar-refractivity contribution in [2.45, 2.75) is 90.0 Å². The van der Waals surface area contributed by atoms with E-state index in [2.05, 4.69) is 20.2 Å². The maximum Gasteiger partial charge on any atom is 0.421 e. The molecule has 1 aliphatic carbocycles. The monoisotopic (exact) mass is 682 g/mol. The zero-order chi connectivity index (χ0) is 34.8. The molecule has 3 aliphatic rings. The molecular formula is C36H42F4N6O3. The number of ether oxygens (including phenoxy) is 2. The van der Waals surface area contributed by atoms with Crippen LogP contribution in [-0.2, 0) is 10.9 Å². The van der Waals surface area contributed by atoms with Gasteiger partial charge >= 0.3 is 12.3 Å². The van der Waals surface area contributed by atoms with Crippen LogP contribution in [0.1, 0.15) is 89.1 Å². The molecule has 2 aliphatic heterocycles. The van der Waals surface area contributed by atoms with Gasteiger partial charge < -0.3 is 19.3 Å². The van der Waals surface area contributed by atoms with Gasteiger partial charge in [0.05, 0.1) is 29.9 Å². The van der Waals surface area contributed by atoms with Crippen LogP contribution >= 0.6 is 0 Å². The number of halogens is 4. The third-order valence-corrected chi connectivity index (χ3v) is 9.54. The first-order chi connectivity index (χ1) is 23.3. The maximum atomic E-state index is 16.0. The minimum Gasteiger partial charge on any atom is -0.490 e. The van der Waals surface area contributed by atoms with Gasteiger partial charge in [0.2, 0.25) is 0 Å². The molecule has 9 nitrogen and oxygen atoms in total. The molecule has 2 aromatic heterocycles. The van der Waals surface area contributed by atoms with Gasteiger partial charge in [-0.1, -0.05) is 0 Å². The third-order valence-electron chi connectivity index (χ3n) is 9.54. The van der Waals surface area contributed by atoms with Crippen molar-refractivity contribution >= 4 is 23.7 Å². The van der Waals surface area contributed by atoms with Crippen LogP contribution in [0.5, 0.6) is 5.75 Å². The van der Waals surface area contributed by atoms with E-state index in [0.29, 0.717) is 69.5 Å². The standard InChI is InChI=1S/C36H42F4N6O3/c1-34(2,3)49-33(47)45-19-14-35(15-20-45)13-6-18-46(23-35)31-24(9-10-29(30(31)36(38,39)40)48-26-7-4-5-8-26)21-27(37)32-41-16-12-28(44-32)25-11-17-42-43-22-25/h9-12,16-17,21-22,26H,4-8,13-15,18-20,23H2,1-3H3/b27-21-. The SMILES string of the molecule is CC(C)(C)OC(=O)N1CCC2(CCCN(c3c(/C=C(\F)c4nccc(-c5ccnnc5)n4)ccc(OC4CCCC4)c3C(F)(F)F)C2)CC1. The van der Waals surface area contributed by atoms with Crippen LogP contribution in [-0.4, -0.2) is 69.0 Å². The smallest absolute Gasteiger partial charge is 0.421 e. The Morgan fingerprint density at radius 1 is 0.959 bits per heavy atom. The largest absolute Gasteiger partial charge is 0.490 e. The number of anilines is 1. The summed E-state index contributed by atoms with van der Waals surface area (Å²) in [6.07, 6.45) is 5.82. The number of carbonyl (C=O) groups is 1. The number of benzene rings is 1. The predicted molar refractivity (Wildman–Crippen MR) is 177 cm³/mol. The summed E-state index contributed by atoms with van der Waals surface area (Å²) in [6, 6.07) is 6.07. The van der Waals surface area contributed by atoms with Gasteiger partial charge in [0.15, 0.2) is 11.7 Å². The van der Waals surface area contributed by atoms with E-state index in [1.165, 1.54) is 30.7 Å². The van der Waals surface area contributed by atoms with Crippen molar-refractivity contribution in [3.8, 4) is 17.0 Å². The Morgan fingerprint density at radius 2 is 1.71 bits per heavy atom. The average Bonchev–Trinajstić information content (AvgIpc) is 3.58. The number of likely N-dealkylation sites (tertiary alicyclic amines) is 1. The quantitative estimate of drug-likeness (QED) is 0.240. The minimum absolute atomic E-state index is 0.0615. The van der Waals surface area contributed by atoms with Crippen molar-refractivity contribution in [1.82, 2.24) is 25.1 Å². The maximum absolute atomic E-state index is 16.0. The van der Waals surface area contributed by atoms with E-state index in [1.807, 2.05) is 20.8 Å². The fraction of sp³-hybridized carbons (Fsp3) is 0.528. The lowest BCUT2D eigenvalue weighted by molar-refractivity contribution is -0.138. The number of hydrogen-bond acceptors (Lipinski definition) is 8. The van der Waals surface area contributed by atoms with Gasteiger partial charge in [0.1, 0.15) is 16.9 Å². The Bertz CT molecular complexity index is 1660. The topological polar surface area (TPSA) is 93.6 Å². The molecule has 262 valence electrons. The number of alkyl halides is 3. The van der Waals surface area contributed by atoms with E-state index in [9.17, 15) is 4.79 Å². The van der Waals surface area contributed by atoms with Gasteiger partial charge in [-0.05, 0) is 108 Å². The van der Waals surface area contributed by atoms with Gasteiger partial charge in [0.25, 0.3) is 0 Å². The predicted octanol–water partition coefficient (Wildman–Crippen LogP) is 8.36. The van der Waals surface area contributed by atoms with Gasteiger partial charge in [-0.15, -0.1) is 0 Å². The van der Waals surface area contributed by atoms with Crippen molar-refractivity contribution < 1.29 is 31.8 Å². The van der Waals surface area contributed by atoms with Crippen molar-refractivity contribution in [3.63, 3.8) is 0 Å². The van der Waals surface area contributed by atoms with Crippen LogP contribution in [0.15, 0.2) is 42.9 Å². The Labute approximate surface area is 283 Å². The summed E-state index contributed by atoms with van der Waals surface area (Å²) >= 11 is 0. The molecule has 1 aromatic carbocycles. The molecule has 4 heterocycles. The Morgan fingerprint density at radius 3 is 2.39 bits per heavy atom. The van der Waals surface area contributed by atoms with E-state index in [4.69, 9.17) is 9.47 Å².